The van der Waals surface area contributed by atoms with Crippen molar-refractivity contribution in [2.24, 2.45) is 0 Å². The van der Waals surface area contributed by atoms with Gasteiger partial charge in [-0.3, -0.25) is 4.79 Å². The summed E-state index contributed by atoms with van der Waals surface area (Å²) in [4.78, 5) is 12.0. The monoisotopic (exact) mass is 354 g/mol. The Balaban J connectivity index is 1.44. The van der Waals surface area contributed by atoms with Crippen molar-refractivity contribution >= 4 is 17.5 Å². The largest absolute Gasteiger partial charge is 0.356 e. The third-order valence-corrected chi connectivity index (χ3v) is 4.09. The molecule has 1 heterocycles. The third-order valence-electron chi connectivity index (χ3n) is 3.84. The number of aromatic nitrogens is 1. The van der Waals surface area contributed by atoms with Gasteiger partial charge in [0.05, 0.1) is 12.1 Å². The fourth-order valence-electron chi connectivity index (χ4n) is 2.54. The van der Waals surface area contributed by atoms with Crippen LogP contribution in [0.5, 0.6) is 0 Å². The van der Waals surface area contributed by atoms with E-state index in [1.165, 1.54) is 5.56 Å². The molecule has 0 aliphatic carbocycles. The predicted molar refractivity (Wildman–Crippen MR) is 98.4 cm³/mol. The molecule has 0 fully saturated rings. The molecule has 4 nitrogen and oxygen atoms in total. The number of nitrogens with zero attached hydrogens (tertiary/aromatic N) is 1. The minimum atomic E-state index is -0.0518. The second-order valence-electron chi connectivity index (χ2n) is 5.81. The SMILES string of the molecule is O=C(Cc1cc(-c2ccc(Cl)cc2)on1)NCCCc1ccccc1. The van der Waals surface area contributed by atoms with Crippen molar-refractivity contribution in [1.82, 2.24) is 10.5 Å². The maximum atomic E-state index is 12.0. The van der Waals surface area contributed by atoms with Crippen LogP contribution in [0.15, 0.2) is 65.2 Å². The maximum absolute atomic E-state index is 12.0. The molecule has 25 heavy (non-hydrogen) atoms. The summed E-state index contributed by atoms with van der Waals surface area (Å²) in [6.07, 6.45) is 2.07. The fraction of sp³-hybridized carbons (Fsp3) is 0.200. The van der Waals surface area contributed by atoms with Crippen LogP contribution in [0.1, 0.15) is 17.7 Å². The topological polar surface area (TPSA) is 55.1 Å². The van der Waals surface area contributed by atoms with E-state index in [0.29, 0.717) is 23.0 Å². The summed E-state index contributed by atoms with van der Waals surface area (Å²) in [7, 11) is 0. The first-order valence-electron chi connectivity index (χ1n) is 8.23. The van der Waals surface area contributed by atoms with Crippen molar-refractivity contribution in [1.29, 1.82) is 0 Å². The molecular weight excluding hydrogens is 336 g/mol. The number of carbonyl (C=O) groups is 1. The van der Waals surface area contributed by atoms with E-state index in [1.54, 1.807) is 18.2 Å². The summed E-state index contributed by atoms with van der Waals surface area (Å²) in [5.74, 6) is 0.576. The Morgan fingerprint density at radius 2 is 1.84 bits per heavy atom. The number of carbonyl (C=O) groups excluding carboxylic acids is 1. The first-order chi connectivity index (χ1) is 12.2. The van der Waals surface area contributed by atoms with Gasteiger partial charge in [-0.25, -0.2) is 0 Å². The van der Waals surface area contributed by atoms with E-state index < -0.39 is 0 Å². The highest BCUT2D eigenvalue weighted by molar-refractivity contribution is 6.30. The molecule has 1 aromatic heterocycles. The zero-order chi connectivity index (χ0) is 17.5. The quantitative estimate of drug-likeness (QED) is 0.644. The van der Waals surface area contributed by atoms with Gasteiger partial charge >= 0.3 is 0 Å². The van der Waals surface area contributed by atoms with Crippen molar-refractivity contribution < 1.29 is 9.32 Å². The van der Waals surface area contributed by atoms with Crippen LogP contribution in [-0.2, 0) is 17.6 Å². The lowest BCUT2D eigenvalue weighted by molar-refractivity contribution is -0.120. The molecule has 0 atom stereocenters. The number of nitrogens with one attached hydrogen (secondary N) is 1. The van der Waals surface area contributed by atoms with Gasteiger partial charge < -0.3 is 9.84 Å². The van der Waals surface area contributed by atoms with Gasteiger partial charge in [0.25, 0.3) is 0 Å². The van der Waals surface area contributed by atoms with Crippen LogP contribution in [0.25, 0.3) is 11.3 Å². The van der Waals surface area contributed by atoms with Gasteiger partial charge in [0.1, 0.15) is 0 Å². The average Bonchev–Trinajstić information content (AvgIpc) is 3.09. The Kier molecular flexibility index (Phi) is 5.86. The van der Waals surface area contributed by atoms with Gasteiger partial charge in [0, 0.05) is 23.2 Å². The van der Waals surface area contributed by atoms with E-state index in [1.807, 2.05) is 30.3 Å². The molecule has 0 saturated heterocycles. The molecule has 1 amide bonds. The Morgan fingerprint density at radius 3 is 2.60 bits per heavy atom. The molecule has 0 bridgehead atoms. The molecule has 0 aliphatic rings. The molecular formula is C20H19ClN2O2. The summed E-state index contributed by atoms with van der Waals surface area (Å²) in [6, 6.07) is 19.3. The lowest BCUT2D eigenvalue weighted by Gasteiger charge is -2.04. The lowest BCUT2D eigenvalue weighted by Crippen LogP contribution is -2.26. The average molecular weight is 355 g/mol. The highest BCUT2D eigenvalue weighted by atomic mass is 35.5. The van der Waals surface area contributed by atoms with E-state index in [-0.39, 0.29) is 12.3 Å². The van der Waals surface area contributed by atoms with Crippen LogP contribution >= 0.6 is 11.6 Å². The molecule has 128 valence electrons. The summed E-state index contributed by atoms with van der Waals surface area (Å²) in [5.41, 5.74) is 2.78. The molecule has 0 aliphatic heterocycles. The van der Waals surface area contributed by atoms with E-state index >= 15 is 0 Å². The Hall–Kier alpha value is -2.59. The van der Waals surface area contributed by atoms with Gasteiger partial charge in [-0.1, -0.05) is 47.1 Å². The van der Waals surface area contributed by atoms with E-state index in [9.17, 15) is 4.79 Å². The van der Waals surface area contributed by atoms with Gasteiger partial charge in [-0.05, 0) is 42.7 Å². The number of halogens is 1. The Bertz CT molecular complexity index is 813. The van der Waals surface area contributed by atoms with E-state index in [4.69, 9.17) is 16.1 Å². The highest BCUT2D eigenvalue weighted by Gasteiger charge is 2.10. The summed E-state index contributed by atoms with van der Waals surface area (Å²) >= 11 is 5.87. The summed E-state index contributed by atoms with van der Waals surface area (Å²) in [5, 5.41) is 7.55. The lowest BCUT2D eigenvalue weighted by atomic mass is 10.1. The van der Waals surface area contributed by atoms with Crippen molar-refractivity contribution in [2.75, 3.05) is 6.54 Å². The highest BCUT2D eigenvalue weighted by Crippen LogP contribution is 2.22. The standard InChI is InChI=1S/C20H19ClN2O2/c21-17-10-8-16(9-11-17)19-13-18(23-25-19)14-20(24)22-12-4-7-15-5-2-1-3-6-15/h1-3,5-6,8-11,13H,4,7,12,14H2,(H,22,24). The fourth-order valence-corrected chi connectivity index (χ4v) is 2.66. The first kappa shape index (κ1) is 17.2. The van der Waals surface area contributed by atoms with Crippen molar-refractivity contribution in [3.63, 3.8) is 0 Å². The minimum absolute atomic E-state index is 0.0518. The van der Waals surface area contributed by atoms with Gasteiger partial charge in [0.15, 0.2) is 5.76 Å². The summed E-state index contributed by atoms with van der Waals surface area (Å²) in [6.45, 7) is 0.648. The first-order valence-corrected chi connectivity index (χ1v) is 8.60. The molecule has 3 aromatic rings. The predicted octanol–water partition coefficient (Wildman–Crippen LogP) is 4.29. The van der Waals surface area contributed by atoms with Crippen LogP contribution in [0.4, 0.5) is 0 Å². The Morgan fingerprint density at radius 1 is 1.08 bits per heavy atom. The smallest absolute Gasteiger partial charge is 0.226 e. The number of benzene rings is 2. The third kappa shape index (κ3) is 5.19. The number of rotatable bonds is 7. The van der Waals surface area contributed by atoms with E-state index in [0.717, 1.165) is 18.4 Å². The van der Waals surface area contributed by atoms with Crippen LogP contribution in [0, 0.1) is 0 Å². The molecule has 1 N–H and O–H groups in total. The van der Waals surface area contributed by atoms with Crippen molar-refractivity contribution in [2.45, 2.75) is 19.3 Å². The Labute approximate surface area is 151 Å². The molecule has 5 heteroatoms. The molecule has 3 rings (SSSR count). The van der Waals surface area contributed by atoms with Gasteiger partial charge in [0.2, 0.25) is 5.91 Å². The minimum Gasteiger partial charge on any atom is -0.356 e. The van der Waals surface area contributed by atoms with Crippen LogP contribution in [0.2, 0.25) is 5.02 Å². The molecule has 0 saturated carbocycles. The van der Waals surface area contributed by atoms with Gasteiger partial charge in [-0.15, -0.1) is 0 Å². The van der Waals surface area contributed by atoms with Crippen LogP contribution in [-0.4, -0.2) is 17.6 Å². The molecule has 0 unspecified atom stereocenters. The van der Waals surface area contributed by atoms with Crippen molar-refractivity contribution in [3.05, 3.63) is 76.9 Å². The maximum Gasteiger partial charge on any atom is 0.226 e. The molecule has 2 aromatic carbocycles. The van der Waals surface area contributed by atoms with Crippen molar-refractivity contribution in [3.8, 4) is 11.3 Å². The second kappa shape index (κ2) is 8.49. The normalized spacial score (nSPS) is 10.6. The van der Waals surface area contributed by atoms with E-state index in [2.05, 4.69) is 22.6 Å². The van der Waals surface area contributed by atoms with Crippen LogP contribution in [0.3, 0.4) is 0 Å². The number of hydrogen-bond acceptors (Lipinski definition) is 3. The molecule has 0 radical (unpaired) electrons. The van der Waals surface area contributed by atoms with Gasteiger partial charge in [-0.2, -0.15) is 0 Å². The summed E-state index contributed by atoms with van der Waals surface area (Å²) < 4.78 is 5.30. The zero-order valence-corrected chi connectivity index (χ0v) is 14.5. The molecule has 0 spiro atoms. The second-order valence-corrected chi connectivity index (χ2v) is 6.24. The number of aryl methyl sites for hydroxylation is 1. The van der Waals surface area contributed by atoms with Crippen LogP contribution < -0.4 is 5.32 Å². The number of amides is 1. The zero-order valence-electron chi connectivity index (χ0n) is 13.7. The number of hydrogen-bond donors (Lipinski definition) is 1.